The fourth-order valence-electron chi connectivity index (χ4n) is 3.04. The van der Waals surface area contributed by atoms with E-state index in [1.807, 2.05) is 0 Å². The van der Waals surface area contributed by atoms with Gasteiger partial charge in [-0.2, -0.15) is 0 Å². The Balaban J connectivity index is 4.02. The summed E-state index contributed by atoms with van der Waals surface area (Å²) in [6.07, 6.45) is 23.5. The van der Waals surface area contributed by atoms with Gasteiger partial charge < -0.3 is 4.79 Å². The molecule has 0 heterocycles. The average Bonchev–Trinajstić information content (AvgIpc) is 2.63. The Morgan fingerprint density at radius 3 is 1.14 bits per heavy atom. The Hall–Kier alpha value is -1.63. The van der Waals surface area contributed by atoms with Crippen molar-refractivity contribution in [3.8, 4) is 0 Å². The van der Waals surface area contributed by atoms with Gasteiger partial charge in [-0.3, -0.25) is 0 Å². The third-order valence-corrected chi connectivity index (χ3v) is 4.96. The molecule has 158 valence electrons. The van der Waals surface area contributed by atoms with Crippen LogP contribution < -0.4 is 0 Å². The minimum atomic E-state index is 0.647. The zero-order valence-corrected chi connectivity index (χ0v) is 19.4. The van der Waals surface area contributed by atoms with E-state index in [9.17, 15) is 4.79 Å². The van der Waals surface area contributed by atoms with Crippen molar-refractivity contribution in [2.75, 3.05) is 0 Å². The Kier molecular flexibility index (Phi) is 16.5. The predicted octanol–water partition coefficient (Wildman–Crippen LogP) is 8.84. The highest BCUT2D eigenvalue weighted by atomic mass is 16.1. The maximum atomic E-state index is 10.4. The molecule has 0 saturated carbocycles. The highest BCUT2D eigenvalue weighted by Crippen LogP contribution is 2.14. The van der Waals surface area contributed by atoms with Gasteiger partial charge in [0.2, 0.25) is 0 Å². The van der Waals surface area contributed by atoms with Crippen LogP contribution in [-0.4, -0.2) is 6.29 Å². The summed E-state index contributed by atoms with van der Waals surface area (Å²) in [5.41, 5.74) is 7.24. The van der Waals surface area contributed by atoms with Crippen LogP contribution in [0.25, 0.3) is 0 Å². The molecule has 0 aromatic rings. The molecule has 0 aliphatic carbocycles. The molecule has 0 aliphatic rings. The summed E-state index contributed by atoms with van der Waals surface area (Å²) in [6.45, 7) is 13.2. The highest BCUT2D eigenvalue weighted by molar-refractivity contribution is 5.49. The molecule has 0 aliphatic heterocycles. The van der Waals surface area contributed by atoms with Gasteiger partial charge in [0.25, 0.3) is 0 Å². The molecule has 0 aromatic carbocycles. The number of hydrogen-bond donors (Lipinski definition) is 0. The molecule has 0 spiro atoms. The van der Waals surface area contributed by atoms with Crippen LogP contribution in [-0.2, 0) is 4.79 Å². The number of carbonyl (C=O) groups is 1. The normalized spacial score (nSPS) is 13.6. The van der Waals surface area contributed by atoms with E-state index >= 15 is 0 Å². The zero-order valence-electron chi connectivity index (χ0n) is 19.4. The van der Waals surface area contributed by atoms with E-state index in [0.717, 1.165) is 44.8 Å². The Labute approximate surface area is 175 Å². The summed E-state index contributed by atoms with van der Waals surface area (Å²) in [7, 11) is 0. The fraction of sp³-hybridized carbons (Fsp3) is 0.593. The largest absolute Gasteiger partial charge is 0.303 e. The van der Waals surface area contributed by atoms with Crippen molar-refractivity contribution in [1.29, 1.82) is 0 Å². The molecule has 1 nitrogen and oxygen atoms in total. The van der Waals surface area contributed by atoms with Gasteiger partial charge in [-0.25, -0.2) is 0 Å². The van der Waals surface area contributed by atoms with E-state index in [1.165, 1.54) is 47.1 Å². The second-order valence-electron chi connectivity index (χ2n) is 8.38. The molecule has 28 heavy (non-hydrogen) atoms. The SMILES string of the molecule is CC(C)=CCCC(C)=CCCC(C)=CCCC=C(C)CCC=C(C)CCC=O. The van der Waals surface area contributed by atoms with E-state index in [-0.39, 0.29) is 0 Å². The van der Waals surface area contributed by atoms with Crippen LogP contribution in [0.1, 0.15) is 106 Å². The van der Waals surface area contributed by atoms with Gasteiger partial charge in [-0.15, -0.1) is 0 Å². The van der Waals surface area contributed by atoms with Gasteiger partial charge in [0.1, 0.15) is 6.29 Å². The third kappa shape index (κ3) is 17.8. The Bertz CT molecular complexity index is 577. The van der Waals surface area contributed by atoms with E-state index in [2.05, 4.69) is 71.9 Å². The van der Waals surface area contributed by atoms with Crippen molar-refractivity contribution < 1.29 is 4.79 Å². The summed E-state index contributed by atoms with van der Waals surface area (Å²) in [5, 5.41) is 0. The third-order valence-electron chi connectivity index (χ3n) is 4.96. The summed E-state index contributed by atoms with van der Waals surface area (Å²) in [6, 6.07) is 0. The average molecular weight is 385 g/mol. The molecule has 0 fully saturated rings. The van der Waals surface area contributed by atoms with E-state index in [1.54, 1.807) is 0 Å². The first-order chi connectivity index (χ1) is 13.3. The molecule has 1 heteroatoms. The number of carbonyl (C=O) groups excluding carboxylic acids is 1. The van der Waals surface area contributed by atoms with Crippen molar-refractivity contribution in [1.82, 2.24) is 0 Å². The first-order valence-corrected chi connectivity index (χ1v) is 11.0. The van der Waals surface area contributed by atoms with Crippen LogP contribution in [0.3, 0.4) is 0 Å². The molecule has 0 unspecified atom stereocenters. The molecular weight excluding hydrogens is 340 g/mol. The lowest BCUT2D eigenvalue weighted by molar-refractivity contribution is -0.107. The summed E-state index contributed by atoms with van der Waals surface area (Å²) >= 11 is 0. The molecule has 0 rings (SSSR count). The number of hydrogen-bond acceptors (Lipinski definition) is 1. The lowest BCUT2D eigenvalue weighted by Gasteiger charge is -2.02. The Morgan fingerprint density at radius 2 is 0.786 bits per heavy atom. The number of rotatable bonds is 15. The topological polar surface area (TPSA) is 17.1 Å². The van der Waals surface area contributed by atoms with Crippen molar-refractivity contribution in [2.45, 2.75) is 106 Å². The predicted molar refractivity (Wildman–Crippen MR) is 127 cm³/mol. The smallest absolute Gasteiger partial charge is 0.120 e. The van der Waals surface area contributed by atoms with Crippen molar-refractivity contribution in [3.05, 3.63) is 58.2 Å². The molecular formula is C27H44O. The van der Waals surface area contributed by atoms with Crippen LogP contribution in [0.15, 0.2) is 58.2 Å². The van der Waals surface area contributed by atoms with Gasteiger partial charge in [-0.1, -0.05) is 58.2 Å². The minimum Gasteiger partial charge on any atom is -0.303 e. The van der Waals surface area contributed by atoms with Crippen LogP contribution in [0.4, 0.5) is 0 Å². The second kappa shape index (κ2) is 17.5. The second-order valence-corrected chi connectivity index (χ2v) is 8.38. The van der Waals surface area contributed by atoms with E-state index in [0.29, 0.717) is 6.42 Å². The monoisotopic (exact) mass is 384 g/mol. The van der Waals surface area contributed by atoms with Crippen LogP contribution in [0.2, 0.25) is 0 Å². The van der Waals surface area contributed by atoms with Gasteiger partial charge in [0.05, 0.1) is 0 Å². The molecule has 0 amide bonds. The lowest BCUT2D eigenvalue weighted by atomic mass is 10.0. The summed E-state index contributed by atoms with van der Waals surface area (Å²) in [4.78, 5) is 10.4. The van der Waals surface area contributed by atoms with Crippen molar-refractivity contribution in [2.24, 2.45) is 0 Å². The number of unbranched alkanes of at least 4 members (excludes halogenated alkanes) is 1. The molecule has 0 radical (unpaired) electrons. The van der Waals surface area contributed by atoms with Crippen LogP contribution in [0.5, 0.6) is 0 Å². The lowest BCUT2D eigenvalue weighted by Crippen LogP contribution is -1.82. The quantitative estimate of drug-likeness (QED) is 0.156. The Morgan fingerprint density at radius 1 is 0.464 bits per heavy atom. The van der Waals surface area contributed by atoms with Gasteiger partial charge in [0, 0.05) is 6.42 Å². The minimum absolute atomic E-state index is 0.647. The summed E-state index contributed by atoms with van der Waals surface area (Å²) < 4.78 is 0. The van der Waals surface area contributed by atoms with Crippen LogP contribution >= 0.6 is 0 Å². The zero-order chi connectivity index (χ0) is 21.2. The molecule has 0 atom stereocenters. The van der Waals surface area contributed by atoms with E-state index < -0.39 is 0 Å². The van der Waals surface area contributed by atoms with Crippen LogP contribution in [0, 0.1) is 0 Å². The molecule has 0 N–H and O–H groups in total. The molecule has 0 bridgehead atoms. The van der Waals surface area contributed by atoms with Crippen molar-refractivity contribution >= 4 is 6.29 Å². The first kappa shape index (κ1) is 26.4. The summed E-state index contributed by atoms with van der Waals surface area (Å²) in [5.74, 6) is 0. The van der Waals surface area contributed by atoms with Gasteiger partial charge in [0.15, 0.2) is 0 Å². The standard InChI is InChI=1S/C27H44O/c1-23(2)13-9-16-26(5)19-10-17-24(3)14-7-8-15-25(4)18-11-20-27(6)21-12-22-28/h13-15,19-20,22H,7-12,16-18,21H2,1-6H3. The number of allylic oxidation sites excluding steroid dienone is 10. The van der Waals surface area contributed by atoms with Gasteiger partial charge >= 0.3 is 0 Å². The fourth-order valence-corrected chi connectivity index (χ4v) is 3.04. The van der Waals surface area contributed by atoms with Crippen molar-refractivity contribution in [3.63, 3.8) is 0 Å². The first-order valence-electron chi connectivity index (χ1n) is 11.0. The maximum absolute atomic E-state index is 10.4. The number of aldehydes is 1. The maximum Gasteiger partial charge on any atom is 0.120 e. The van der Waals surface area contributed by atoms with E-state index in [4.69, 9.17) is 0 Å². The molecule has 0 aromatic heterocycles. The van der Waals surface area contributed by atoms with Gasteiger partial charge in [-0.05, 0) is 99.3 Å². The highest BCUT2D eigenvalue weighted by Gasteiger charge is 1.94. The molecule has 0 saturated heterocycles.